The van der Waals surface area contributed by atoms with Gasteiger partial charge in [0.2, 0.25) is 11.6 Å². The van der Waals surface area contributed by atoms with E-state index < -0.39 is 0 Å². The predicted octanol–water partition coefficient (Wildman–Crippen LogP) is 0.410. The van der Waals surface area contributed by atoms with E-state index in [2.05, 4.69) is 0 Å². The number of carbonyl (C=O) groups is 2. The van der Waals surface area contributed by atoms with Gasteiger partial charge in [0.1, 0.15) is 0 Å². The average molecular weight is 112 g/mol. The zero-order chi connectivity index (χ0) is 6.31. The fourth-order valence-corrected chi connectivity index (χ4v) is 0.807. The van der Waals surface area contributed by atoms with Crippen LogP contribution in [0.2, 0.25) is 0 Å². The molecule has 0 aromatic rings. The summed E-state index contributed by atoms with van der Waals surface area (Å²) >= 11 is 0. The summed E-state index contributed by atoms with van der Waals surface area (Å²) < 4.78 is 0. The molecule has 0 bridgehead atoms. The van der Waals surface area contributed by atoms with Gasteiger partial charge >= 0.3 is 0 Å². The Labute approximate surface area is 47.9 Å². The molecular weight excluding hydrogens is 104 g/mol. The zero-order valence-electron chi connectivity index (χ0n) is 4.97. The van der Waals surface area contributed by atoms with Gasteiger partial charge in [-0.1, -0.05) is 13.8 Å². The van der Waals surface area contributed by atoms with Crippen LogP contribution in [0, 0.1) is 11.8 Å². The van der Waals surface area contributed by atoms with Crippen molar-refractivity contribution in [3.05, 3.63) is 0 Å². The Bertz CT molecular complexity index is 131. The normalized spacial score (nSPS) is 37.2. The number of hydrogen-bond acceptors (Lipinski definition) is 2. The Morgan fingerprint density at radius 1 is 1.00 bits per heavy atom. The van der Waals surface area contributed by atoms with E-state index in [4.69, 9.17) is 0 Å². The van der Waals surface area contributed by atoms with Crippen molar-refractivity contribution < 1.29 is 9.59 Å². The molecule has 2 atom stereocenters. The third kappa shape index (κ3) is 0.427. The second kappa shape index (κ2) is 1.41. The van der Waals surface area contributed by atoms with Gasteiger partial charge in [-0.05, 0) is 0 Å². The van der Waals surface area contributed by atoms with Gasteiger partial charge in [-0.15, -0.1) is 0 Å². The molecule has 0 heterocycles. The maximum Gasteiger partial charge on any atom is 0.202 e. The fourth-order valence-electron chi connectivity index (χ4n) is 0.807. The maximum absolute atomic E-state index is 10.4. The van der Waals surface area contributed by atoms with Gasteiger partial charge in [-0.25, -0.2) is 0 Å². The highest BCUT2D eigenvalue weighted by Crippen LogP contribution is 2.24. The molecule has 1 aliphatic carbocycles. The highest BCUT2D eigenvalue weighted by Gasteiger charge is 2.42. The molecule has 0 saturated heterocycles. The van der Waals surface area contributed by atoms with Gasteiger partial charge in [0.15, 0.2) is 0 Å². The topological polar surface area (TPSA) is 34.1 Å². The van der Waals surface area contributed by atoms with Gasteiger partial charge in [-0.2, -0.15) is 0 Å². The second-order valence-electron chi connectivity index (χ2n) is 2.31. The Morgan fingerprint density at radius 2 is 1.25 bits per heavy atom. The van der Waals surface area contributed by atoms with Crippen LogP contribution in [-0.2, 0) is 9.59 Å². The number of carbonyl (C=O) groups excluding carboxylic acids is 2. The first kappa shape index (κ1) is 5.48. The third-order valence-electron chi connectivity index (χ3n) is 1.82. The molecule has 1 rings (SSSR count). The summed E-state index contributed by atoms with van der Waals surface area (Å²) in [6.07, 6.45) is 0. The Morgan fingerprint density at radius 3 is 1.38 bits per heavy atom. The molecule has 0 amide bonds. The molecule has 0 aromatic heterocycles. The molecular formula is C6H8O2. The molecule has 0 aliphatic heterocycles. The number of ketones is 2. The maximum atomic E-state index is 10.4. The minimum Gasteiger partial charge on any atom is -0.291 e. The summed E-state index contributed by atoms with van der Waals surface area (Å²) in [5, 5.41) is 0. The van der Waals surface area contributed by atoms with E-state index in [1.54, 1.807) is 13.8 Å². The third-order valence-corrected chi connectivity index (χ3v) is 1.82. The largest absolute Gasteiger partial charge is 0.291 e. The minimum absolute atomic E-state index is 0.0116. The Hall–Kier alpha value is -0.660. The van der Waals surface area contributed by atoms with Gasteiger partial charge < -0.3 is 0 Å². The molecule has 44 valence electrons. The van der Waals surface area contributed by atoms with Crippen LogP contribution < -0.4 is 0 Å². The average Bonchev–Trinajstić information content (AvgIpc) is 1.83. The monoisotopic (exact) mass is 112 g/mol. The molecule has 0 radical (unpaired) electrons. The Balaban J connectivity index is 2.68. The molecule has 0 spiro atoms. The summed E-state index contributed by atoms with van der Waals surface area (Å²) in [6, 6.07) is 0. The molecule has 1 aliphatic rings. The van der Waals surface area contributed by atoms with Gasteiger partial charge in [-0.3, -0.25) is 9.59 Å². The standard InChI is InChI=1S/C6H8O2/c1-3-4(2)6(8)5(3)7/h3-4H,1-2H3. The number of Topliss-reactive ketones (excluding diaryl/α,β-unsaturated/α-hetero) is 2. The Kier molecular flexibility index (Phi) is 0.962. The molecule has 1 saturated carbocycles. The van der Waals surface area contributed by atoms with Crippen molar-refractivity contribution in [2.45, 2.75) is 13.8 Å². The first-order valence-corrected chi connectivity index (χ1v) is 2.72. The summed E-state index contributed by atoms with van der Waals surface area (Å²) in [6.45, 7) is 3.57. The van der Waals surface area contributed by atoms with E-state index >= 15 is 0 Å². The van der Waals surface area contributed by atoms with Crippen molar-refractivity contribution in [2.75, 3.05) is 0 Å². The molecule has 0 aromatic carbocycles. The molecule has 2 heteroatoms. The van der Waals surface area contributed by atoms with Crippen LogP contribution in [0.25, 0.3) is 0 Å². The van der Waals surface area contributed by atoms with Crippen molar-refractivity contribution in [1.82, 2.24) is 0 Å². The van der Waals surface area contributed by atoms with Crippen LogP contribution in [0.5, 0.6) is 0 Å². The SMILES string of the molecule is CC1C(=O)C(=O)C1C. The van der Waals surface area contributed by atoms with Crippen LogP contribution >= 0.6 is 0 Å². The summed E-state index contributed by atoms with van der Waals surface area (Å²) in [5.74, 6) is -0.417. The van der Waals surface area contributed by atoms with E-state index in [0.29, 0.717) is 0 Å². The summed E-state index contributed by atoms with van der Waals surface area (Å²) in [4.78, 5) is 20.8. The predicted molar refractivity (Wildman–Crippen MR) is 28.3 cm³/mol. The highest BCUT2D eigenvalue weighted by atomic mass is 16.2. The minimum atomic E-state index is -0.197. The van der Waals surface area contributed by atoms with Crippen LogP contribution in [0.4, 0.5) is 0 Å². The van der Waals surface area contributed by atoms with Crippen molar-refractivity contribution in [3.8, 4) is 0 Å². The van der Waals surface area contributed by atoms with Crippen LogP contribution in [0.1, 0.15) is 13.8 Å². The lowest BCUT2D eigenvalue weighted by molar-refractivity contribution is -0.151. The van der Waals surface area contributed by atoms with Crippen LogP contribution in [-0.4, -0.2) is 11.6 Å². The van der Waals surface area contributed by atoms with Crippen LogP contribution in [0.3, 0.4) is 0 Å². The number of hydrogen-bond donors (Lipinski definition) is 0. The van der Waals surface area contributed by atoms with Crippen molar-refractivity contribution in [3.63, 3.8) is 0 Å². The van der Waals surface area contributed by atoms with Gasteiger partial charge in [0.25, 0.3) is 0 Å². The first-order valence-electron chi connectivity index (χ1n) is 2.72. The lowest BCUT2D eigenvalue weighted by atomic mass is 9.74. The van der Waals surface area contributed by atoms with E-state index in [0.717, 1.165) is 0 Å². The molecule has 2 unspecified atom stereocenters. The molecule has 8 heavy (non-hydrogen) atoms. The zero-order valence-corrected chi connectivity index (χ0v) is 4.97. The van der Waals surface area contributed by atoms with Crippen molar-refractivity contribution in [1.29, 1.82) is 0 Å². The van der Waals surface area contributed by atoms with Gasteiger partial charge in [0.05, 0.1) is 0 Å². The van der Waals surface area contributed by atoms with E-state index in [1.165, 1.54) is 0 Å². The van der Waals surface area contributed by atoms with E-state index in [9.17, 15) is 9.59 Å². The van der Waals surface area contributed by atoms with Gasteiger partial charge in [0, 0.05) is 11.8 Å². The lowest BCUT2D eigenvalue weighted by Gasteiger charge is -2.25. The second-order valence-corrected chi connectivity index (χ2v) is 2.31. The first-order chi connectivity index (χ1) is 3.64. The van der Waals surface area contributed by atoms with Crippen molar-refractivity contribution >= 4 is 11.6 Å². The van der Waals surface area contributed by atoms with E-state index in [-0.39, 0.29) is 23.4 Å². The quantitative estimate of drug-likeness (QED) is 0.425. The van der Waals surface area contributed by atoms with E-state index in [1.807, 2.05) is 0 Å². The smallest absolute Gasteiger partial charge is 0.202 e. The summed E-state index contributed by atoms with van der Waals surface area (Å²) in [7, 11) is 0. The number of rotatable bonds is 0. The highest BCUT2D eigenvalue weighted by molar-refractivity contribution is 6.45. The molecule has 0 N–H and O–H groups in total. The van der Waals surface area contributed by atoms with Crippen LogP contribution in [0.15, 0.2) is 0 Å². The summed E-state index contributed by atoms with van der Waals surface area (Å²) in [5.41, 5.74) is 0. The molecule has 1 fully saturated rings. The fraction of sp³-hybridized carbons (Fsp3) is 0.667. The van der Waals surface area contributed by atoms with Crippen molar-refractivity contribution in [2.24, 2.45) is 11.8 Å². The molecule has 2 nitrogen and oxygen atoms in total. The lowest BCUT2D eigenvalue weighted by Crippen LogP contribution is -2.44.